The van der Waals surface area contributed by atoms with Crippen LogP contribution in [-0.2, 0) is 4.79 Å². The fraction of sp³-hybridized carbons (Fsp3) is 0.900. The third-order valence-electron chi connectivity index (χ3n) is 2.48. The lowest BCUT2D eigenvalue weighted by Crippen LogP contribution is -2.34. The molecule has 1 aliphatic rings. The molecule has 1 amide bonds. The van der Waals surface area contributed by atoms with Crippen LogP contribution in [0.25, 0.3) is 0 Å². The maximum Gasteiger partial charge on any atom is 0.230 e. The largest absolute Gasteiger partial charge is 0.395 e. The number of aliphatic hydroxyl groups is 1. The Morgan fingerprint density at radius 1 is 1.57 bits per heavy atom. The van der Waals surface area contributed by atoms with Gasteiger partial charge >= 0.3 is 0 Å². The number of amides is 1. The molecule has 0 aromatic carbocycles. The van der Waals surface area contributed by atoms with Gasteiger partial charge in [0.25, 0.3) is 0 Å². The molecule has 2 N–H and O–H groups in total. The van der Waals surface area contributed by atoms with Crippen LogP contribution >= 0.6 is 11.8 Å². The Kier molecular flexibility index (Phi) is 5.33. The number of thioether (sulfide) groups is 1. The van der Waals surface area contributed by atoms with Crippen LogP contribution in [0.15, 0.2) is 0 Å². The lowest BCUT2D eigenvalue weighted by molar-refractivity contribution is -0.119. The van der Waals surface area contributed by atoms with E-state index in [1.165, 1.54) is 24.6 Å². The van der Waals surface area contributed by atoms with Gasteiger partial charge in [-0.25, -0.2) is 0 Å². The molecule has 0 heterocycles. The predicted octanol–water partition coefficient (Wildman–Crippen LogP) is 1.16. The van der Waals surface area contributed by atoms with Crippen LogP contribution in [-0.4, -0.2) is 34.7 Å². The van der Waals surface area contributed by atoms with Gasteiger partial charge in [-0.2, -0.15) is 0 Å². The molecule has 0 radical (unpaired) electrons. The Labute approximate surface area is 89.6 Å². The van der Waals surface area contributed by atoms with Crippen molar-refractivity contribution < 1.29 is 9.90 Å². The highest BCUT2D eigenvalue weighted by molar-refractivity contribution is 8.00. The summed E-state index contributed by atoms with van der Waals surface area (Å²) in [4.78, 5) is 11.4. The highest BCUT2D eigenvalue weighted by atomic mass is 32.2. The van der Waals surface area contributed by atoms with E-state index in [0.717, 1.165) is 12.8 Å². The Morgan fingerprint density at radius 2 is 2.21 bits per heavy atom. The number of aliphatic hydroxyl groups excluding tert-OH is 1. The van der Waals surface area contributed by atoms with Crippen molar-refractivity contribution in [2.45, 2.75) is 43.9 Å². The van der Waals surface area contributed by atoms with Gasteiger partial charge in [-0.3, -0.25) is 4.79 Å². The standard InChI is InChI=1S/C10H19NO2S/c1-8(6-12)14-7-10(13)11-9-4-2-3-5-9/h8-9,12H,2-7H2,1H3,(H,11,13)/t8-/m0/s1. The zero-order valence-corrected chi connectivity index (χ0v) is 9.48. The maximum atomic E-state index is 11.4. The second-order valence-corrected chi connectivity index (χ2v) is 5.28. The smallest absolute Gasteiger partial charge is 0.230 e. The van der Waals surface area contributed by atoms with E-state index in [2.05, 4.69) is 5.32 Å². The van der Waals surface area contributed by atoms with Gasteiger partial charge in [0.2, 0.25) is 5.91 Å². The average Bonchev–Trinajstić information content (AvgIpc) is 2.66. The van der Waals surface area contributed by atoms with E-state index < -0.39 is 0 Å². The predicted molar refractivity (Wildman–Crippen MR) is 59.4 cm³/mol. The molecule has 1 atom stereocenters. The van der Waals surface area contributed by atoms with Gasteiger partial charge in [0.05, 0.1) is 12.4 Å². The second-order valence-electron chi connectivity index (χ2n) is 3.85. The lowest BCUT2D eigenvalue weighted by Gasteiger charge is -2.12. The van der Waals surface area contributed by atoms with Crippen molar-refractivity contribution in [3.63, 3.8) is 0 Å². The summed E-state index contributed by atoms with van der Waals surface area (Å²) < 4.78 is 0. The summed E-state index contributed by atoms with van der Waals surface area (Å²) >= 11 is 1.51. The molecule has 4 heteroatoms. The first-order chi connectivity index (χ1) is 6.72. The molecule has 3 nitrogen and oxygen atoms in total. The monoisotopic (exact) mass is 217 g/mol. The first-order valence-corrected chi connectivity index (χ1v) is 6.29. The highest BCUT2D eigenvalue weighted by Crippen LogP contribution is 2.18. The molecular formula is C10H19NO2S. The summed E-state index contributed by atoms with van der Waals surface area (Å²) in [5.41, 5.74) is 0. The molecule has 0 aromatic rings. The molecule has 82 valence electrons. The summed E-state index contributed by atoms with van der Waals surface area (Å²) in [5, 5.41) is 12.0. The van der Waals surface area contributed by atoms with E-state index in [0.29, 0.717) is 11.8 Å². The molecule has 0 bridgehead atoms. The summed E-state index contributed by atoms with van der Waals surface area (Å²) in [6.07, 6.45) is 4.74. The number of nitrogens with one attached hydrogen (secondary N) is 1. The van der Waals surface area contributed by atoms with Gasteiger partial charge in [-0.05, 0) is 12.8 Å². The van der Waals surface area contributed by atoms with Crippen molar-refractivity contribution in [1.82, 2.24) is 5.32 Å². The van der Waals surface area contributed by atoms with E-state index in [1.54, 1.807) is 0 Å². The van der Waals surface area contributed by atoms with Crippen molar-refractivity contribution in [2.75, 3.05) is 12.4 Å². The Balaban J connectivity index is 2.09. The van der Waals surface area contributed by atoms with Crippen LogP contribution in [0, 0.1) is 0 Å². The van der Waals surface area contributed by atoms with Crippen molar-refractivity contribution in [1.29, 1.82) is 0 Å². The third-order valence-corrected chi connectivity index (χ3v) is 3.62. The normalized spacial score (nSPS) is 19.6. The Morgan fingerprint density at radius 3 is 2.79 bits per heavy atom. The molecule has 0 unspecified atom stereocenters. The van der Waals surface area contributed by atoms with E-state index in [1.807, 2.05) is 6.92 Å². The van der Waals surface area contributed by atoms with Crippen LogP contribution in [0.1, 0.15) is 32.6 Å². The van der Waals surface area contributed by atoms with Gasteiger partial charge in [-0.15, -0.1) is 11.8 Å². The second kappa shape index (κ2) is 6.30. The number of carbonyl (C=O) groups is 1. The molecule has 1 fully saturated rings. The van der Waals surface area contributed by atoms with Crippen LogP contribution in [0.3, 0.4) is 0 Å². The number of carbonyl (C=O) groups excluding carboxylic acids is 1. The minimum atomic E-state index is 0.113. The van der Waals surface area contributed by atoms with Gasteiger partial charge in [0, 0.05) is 11.3 Å². The van der Waals surface area contributed by atoms with Gasteiger partial charge in [0.1, 0.15) is 0 Å². The van der Waals surface area contributed by atoms with Crippen LogP contribution in [0.5, 0.6) is 0 Å². The molecule has 0 aromatic heterocycles. The molecule has 1 aliphatic carbocycles. The zero-order chi connectivity index (χ0) is 10.4. The minimum Gasteiger partial charge on any atom is -0.395 e. The molecule has 1 saturated carbocycles. The number of rotatable bonds is 5. The Hall–Kier alpha value is -0.220. The zero-order valence-electron chi connectivity index (χ0n) is 8.66. The third kappa shape index (κ3) is 4.33. The topological polar surface area (TPSA) is 49.3 Å². The average molecular weight is 217 g/mol. The van der Waals surface area contributed by atoms with E-state index in [4.69, 9.17) is 5.11 Å². The summed E-state index contributed by atoms with van der Waals surface area (Å²) in [6, 6.07) is 0.410. The molecule has 1 rings (SSSR count). The van der Waals surface area contributed by atoms with Gasteiger partial charge in [-0.1, -0.05) is 19.8 Å². The molecule has 0 spiro atoms. The van der Waals surface area contributed by atoms with Crippen LogP contribution in [0.4, 0.5) is 0 Å². The fourth-order valence-corrected chi connectivity index (χ4v) is 2.23. The van der Waals surface area contributed by atoms with Crippen molar-refractivity contribution in [3.05, 3.63) is 0 Å². The highest BCUT2D eigenvalue weighted by Gasteiger charge is 2.17. The molecule has 0 saturated heterocycles. The minimum absolute atomic E-state index is 0.113. The number of hydrogen-bond acceptors (Lipinski definition) is 3. The van der Waals surface area contributed by atoms with E-state index in [9.17, 15) is 4.79 Å². The fourth-order valence-electron chi connectivity index (χ4n) is 1.61. The Bertz CT molecular complexity index is 181. The number of hydrogen-bond donors (Lipinski definition) is 2. The molecule has 0 aliphatic heterocycles. The van der Waals surface area contributed by atoms with Crippen molar-refractivity contribution in [3.8, 4) is 0 Å². The van der Waals surface area contributed by atoms with E-state index >= 15 is 0 Å². The van der Waals surface area contributed by atoms with Crippen LogP contribution in [0.2, 0.25) is 0 Å². The summed E-state index contributed by atoms with van der Waals surface area (Å²) in [7, 11) is 0. The van der Waals surface area contributed by atoms with Gasteiger partial charge < -0.3 is 10.4 Å². The first-order valence-electron chi connectivity index (χ1n) is 5.24. The quantitative estimate of drug-likeness (QED) is 0.726. The van der Waals surface area contributed by atoms with Crippen molar-refractivity contribution >= 4 is 17.7 Å². The summed E-state index contributed by atoms with van der Waals surface area (Å²) in [6.45, 7) is 2.06. The maximum absolute atomic E-state index is 11.4. The van der Waals surface area contributed by atoms with Crippen LogP contribution < -0.4 is 5.32 Å². The SMILES string of the molecule is C[C@@H](CO)SCC(=O)NC1CCCC1. The van der Waals surface area contributed by atoms with E-state index in [-0.39, 0.29) is 17.8 Å². The summed E-state index contributed by atoms with van der Waals surface area (Å²) in [5.74, 6) is 0.584. The molecule has 14 heavy (non-hydrogen) atoms. The van der Waals surface area contributed by atoms with Crippen molar-refractivity contribution in [2.24, 2.45) is 0 Å². The van der Waals surface area contributed by atoms with Gasteiger partial charge in [0.15, 0.2) is 0 Å². The first kappa shape index (κ1) is 11.9. The molecular weight excluding hydrogens is 198 g/mol. The lowest BCUT2D eigenvalue weighted by atomic mass is 10.2.